The summed E-state index contributed by atoms with van der Waals surface area (Å²) in [5.74, 6) is 0.203. The van der Waals surface area contributed by atoms with Gasteiger partial charge in [0.05, 0.1) is 13.2 Å². The third-order valence-corrected chi connectivity index (χ3v) is 4.42. The second-order valence-corrected chi connectivity index (χ2v) is 6.43. The highest BCUT2D eigenvalue weighted by Crippen LogP contribution is 2.37. The van der Waals surface area contributed by atoms with Crippen molar-refractivity contribution in [2.24, 2.45) is 0 Å². The van der Waals surface area contributed by atoms with E-state index >= 15 is 0 Å². The summed E-state index contributed by atoms with van der Waals surface area (Å²) in [4.78, 5) is 18.4. The maximum Gasteiger partial charge on any atom is 0.417 e. The lowest BCUT2D eigenvalue weighted by Crippen LogP contribution is -2.36. The minimum absolute atomic E-state index is 0.00329. The van der Waals surface area contributed by atoms with E-state index in [4.69, 9.17) is 18.4 Å². The van der Waals surface area contributed by atoms with Crippen molar-refractivity contribution in [3.05, 3.63) is 23.6 Å². The lowest BCUT2D eigenvalue weighted by molar-refractivity contribution is -0.0489. The minimum Gasteiger partial charge on any atom is -0.432 e. The number of nitrogens with one attached hydrogen (secondary N) is 1. The topological polar surface area (TPSA) is 112 Å². The van der Waals surface area contributed by atoms with Crippen LogP contribution in [0.4, 0.5) is 25.3 Å². The Labute approximate surface area is 168 Å². The predicted octanol–water partition coefficient (Wildman–Crippen LogP) is 3.48. The standard InChI is InChI=1S/C18H18F2N4O6/c1-9-13(10(2)30-23-9)22-18(25)28-12-4-3-11(27-16(19)20)14-15(12)29-17(21-14)24-5-7-26-8-6-24/h3-4,16H,5-8H2,1-2H3,(H,22,25). The number of ether oxygens (including phenoxy) is 3. The summed E-state index contributed by atoms with van der Waals surface area (Å²) in [6.07, 6.45) is -0.836. The highest BCUT2D eigenvalue weighted by molar-refractivity contribution is 5.92. The molecule has 0 bridgehead atoms. The quantitative estimate of drug-likeness (QED) is 0.658. The molecule has 12 heteroatoms. The summed E-state index contributed by atoms with van der Waals surface area (Å²) in [5, 5.41) is 6.27. The van der Waals surface area contributed by atoms with E-state index in [9.17, 15) is 13.6 Å². The molecule has 30 heavy (non-hydrogen) atoms. The number of morpholine rings is 1. The number of carbonyl (C=O) groups is 1. The van der Waals surface area contributed by atoms with Crippen molar-refractivity contribution in [3.8, 4) is 11.5 Å². The molecule has 1 amide bonds. The first kappa shape index (κ1) is 19.9. The van der Waals surface area contributed by atoms with E-state index in [-0.39, 0.29) is 28.6 Å². The molecule has 1 aromatic carbocycles. The molecule has 1 saturated heterocycles. The first-order valence-corrected chi connectivity index (χ1v) is 9.05. The van der Waals surface area contributed by atoms with E-state index in [2.05, 4.69) is 20.2 Å². The van der Waals surface area contributed by atoms with Crippen molar-refractivity contribution < 1.29 is 36.7 Å². The first-order valence-electron chi connectivity index (χ1n) is 9.05. The van der Waals surface area contributed by atoms with Crippen LogP contribution in [0.25, 0.3) is 11.1 Å². The highest BCUT2D eigenvalue weighted by Gasteiger charge is 2.24. The zero-order chi connectivity index (χ0) is 21.3. The van der Waals surface area contributed by atoms with Crippen LogP contribution in [0, 0.1) is 13.8 Å². The average Bonchev–Trinajstić information content (AvgIpc) is 3.30. The fourth-order valence-electron chi connectivity index (χ4n) is 3.00. The molecule has 1 fully saturated rings. The molecule has 1 aliphatic rings. The number of aromatic nitrogens is 2. The van der Waals surface area contributed by atoms with Crippen LogP contribution in [0.2, 0.25) is 0 Å². The summed E-state index contributed by atoms with van der Waals surface area (Å²) in [6.45, 7) is 2.22. The van der Waals surface area contributed by atoms with E-state index in [0.29, 0.717) is 43.4 Å². The summed E-state index contributed by atoms with van der Waals surface area (Å²) < 4.78 is 51.5. The second kappa shape index (κ2) is 8.14. The third-order valence-electron chi connectivity index (χ3n) is 4.42. The molecule has 0 spiro atoms. The molecular weight excluding hydrogens is 406 g/mol. The Hall–Kier alpha value is -3.41. The number of aryl methyl sites for hydroxylation is 2. The molecule has 2 aromatic heterocycles. The molecule has 0 unspecified atom stereocenters. The van der Waals surface area contributed by atoms with Gasteiger partial charge in [-0.05, 0) is 26.0 Å². The predicted molar refractivity (Wildman–Crippen MR) is 99.3 cm³/mol. The van der Waals surface area contributed by atoms with Crippen LogP contribution >= 0.6 is 0 Å². The number of alkyl halides is 2. The van der Waals surface area contributed by atoms with Gasteiger partial charge in [-0.3, -0.25) is 5.32 Å². The number of nitrogens with zero attached hydrogens (tertiary/aromatic N) is 3. The lowest BCUT2D eigenvalue weighted by Gasteiger charge is -2.24. The minimum atomic E-state index is -3.05. The molecular formula is C18H18F2N4O6. The van der Waals surface area contributed by atoms with E-state index < -0.39 is 12.7 Å². The molecule has 3 heterocycles. The largest absolute Gasteiger partial charge is 0.432 e. The van der Waals surface area contributed by atoms with Crippen molar-refractivity contribution in [2.75, 3.05) is 36.5 Å². The van der Waals surface area contributed by atoms with Crippen LogP contribution in [-0.4, -0.2) is 49.1 Å². The molecule has 3 aromatic rings. The van der Waals surface area contributed by atoms with Gasteiger partial charge in [0.15, 0.2) is 22.8 Å². The number of carbonyl (C=O) groups excluding carboxylic acids is 1. The number of hydrogen-bond donors (Lipinski definition) is 1. The lowest BCUT2D eigenvalue weighted by atomic mass is 10.3. The maximum atomic E-state index is 12.8. The van der Waals surface area contributed by atoms with Crippen LogP contribution < -0.4 is 19.7 Å². The van der Waals surface area contributed by atoms with E-state index in [1.165, 1.54) is 12.1 Å². The van der Waals surface area contributed by atoms with Gasteiger partial charge in [-0.2, -0.15) is 13.8 Å². The Morgan fingerprint density at radius 2 is 1.97 bits per heavy atom. The van der Waals surface area contributed by atoms with Gasteiger partial charge < -0.3 is 28.1 Å². The van der Waals surface area contributed by atoms with Gasteiger partial charge in [0.25, 0.3) is 6.01 Å². The number of fused-ring (bicyclic) bond motifs is 1. The first-order chi connectivity index (χ1) is 14.4. The van der Waals surface area contributed by atoms with Crippen LogP contribution in [0.15, 0.2) is 21.1 Å². The van der Waals surface area contributed by atoms with Gasteiger partial charge in [-0.25, -0.2) is 4.79 Å². The summed E-state index contributed by atoms with van der Waals surface area (Å²) >= 11 is 0. The Kier molecular flexibility index (Phi) is 5.40. The van der Waals surface area contributed by atoms with Crippen molar-refractivity contribution in [1.29, 1.82) is 0 Å². The number of oxazole rings is 1. The summed E-state index contributed by atoms with van der Waals surface area (Å²) in [7, 11) is 0. The maximum absolute atomic E-state index is 12.8. The molecule has 0 atom stereocenters. The van der Waals surface area contributed by atoms with Gasteiger partial charge in [-0.15, -0.1) is 0 Å². The smallest absolute Gasteiger partial charge is 0.417 e. The number of amides is 1. The van der Waals surface area contributed by atoms with Crippen LogP contribution in [0.3, 0.4) is 0 Å². The summed E-state index contributed by atoms with van der Waals surface area (Å²) in [5.41, 5.74) is 0.869. The van der Waals surface area contributed by atoms with Crippen molar-refractivity contribution in [1.82, 2.24) is 10.1 Å². The molecule has 10 nitrogen and oxygen atoms in total. The van der Waals surface area contributed by atoms with Crippen molar-refractivity contribution in [2.45, 2.75) is 20.5 Å². The fraction of sp³-hybridized carbons (Fsp3) is 0.389. The van der Waals surface area contributed by atoms with Crippen LogP contribution in [-0.2, 0) is 4.74 Å². The monoisotopic (exact) mass is 424 g/mol. The number of halogens is 2. The van der Waals surface area contributed by atoms with Gasteiger partial charge in [0.1, 0.15) is 11.4 Å². The molecule has 1 aliphatic heterocycles. The Bertz CT molecular complexity index is 1040. The summed E-state index contributed by atoms with van der Waals surface area (Å²) in [6, 6.07) is 2.72. The zero-order valence-corrected chi connectivity index (χ0v) is 16.1. The van der Waals surface area contributed by atoms with E-state index in [0.717, 1.165) is 0 Å². The van der Waals surface area contributed by atoms with Gasteiger partial charge in [0, 0.05) is 13.1 Å². The normalized spacial score (nSPS) is 14.4. The van der Waals surface area contributed by atoms with Gasteiger partial charge in [0.2, 0.25) is 5.58 Å². The second-order valence-electron chi connectivity index (χ2n) is 6.43. The zero-order valence-electron chi connectivity index (χ0n) is 16.1. The van der Waals surface area contributed by atoms with Gasteiger partial charge >= 0.3 is 12.7 Å². The van der Waals surface area contributed by atoms with Crippen LogP contribution in [0.1, 0.15) is 11.5 Å². The Morgan fingerprint density at radius 3 is 2.63 bits per heavy atom. The van der Waals surface area contributed by atoms with Gasteiger partial charge in [-0.1, -0.05) is 5.16 Å². The fourth-order valence-corrected chi connectivity index (χ4v) is 3.00. The molecule has 160 valence electrons. The molecule has 0 aliphatic carbocycles. The third kappa shape index (κ3) is 3.99. The van der Waals surface area contributed by atoms with E-state index in [1.807, 2.05) is 0 Å². The molecule has 0 radical (unpaired) electrons. The highest BCUT2D eigenvalue weighted by atomic mass is 19.3. The number of benzene rings is 1. The Balaban J connectivity index is 1.65. The molecule has 0 saturated carbocycles. The SMILES string of the molecule is Cc1noc(C)c1NC(=O)Oc1ccc(OC(F)F)c2nc(N3CCOCC3)oc12. The Morgan fingerprint density at radius 1 is 1.23 bits per heavy atom. The van der Waals surface area contributed by atoms with Crippen molar-refractivity contribution in [3.63, 3.8) is 0 Å². The van der Waals surface area contributed by atoms with E-state index in [1.54, 1.807) is 18.7 Å². The van der Waals surface area contributed by atoms with Crippen LogP contribution in [0.5, 0.6) is 11.5 Å². The average molecular weight is 424 g/mol. The number of hydrogen-bond acceptors (Lipinski definition) is 9. The molecule has 4 rings (SSSR count). The number of rotatable bonds is 5. The number of anilines is 2. The van der Waals surface area contributed by atoms with Crippen molar-refractivity contribution >= 4 is 28.9 Å². The molecule has 1 N–H and O–H groups in total.